The van der Waals surface area contributed by atoms with E-state index in [1.807, 2.05) is 12.1 Å². The van der Waals surface area contributed by atoms with Crippen molar-refractivity contribution in [2.24, 2.45) is 0 Å². The van der Waals surface area contributed by atoms with Crippen molar-refractivity contribution in [2.45, 2.75) is 26.3 Å². The molecule has 0 spiro atoms. The number of likely N-dealkylation sites (N-methyl/N-ethyl adjacent to an activating group) is 1. The highest BCUT2D eigenvalue weighted by Crippen LogP contribution is 2.28. The fourth-order valence-electron chi connectivity index (χ4n) is 2.44. The fourth-order valence-corrected chi connectivity index (χ4v) is 3.03. The van der Waals surface area contributed by atoms with Crippen LogP contribution in [0.25, 0.3) is 0 Å². The van der Waals surface area contributed by atoms with Gasteiger partial charge in [-0.05, 0) is 54.8 Å². The van der Waals surface area contributed by atoms with Gasteiger partial charge in [-0.25, -0.2) is 4.39 Å². The van der Waals surface area contributed by atoms with Crippen molar-refractivity contribution < 1.29 is 4.39 Å². The minimum atomic E-state index is -0.376. The summed E-state index contributed by atoms with van der Waals surface area (Å²) in [4.78, 5) is 0. The monoisotopic (exact) mass is 369 g/mol. The van der Waals surface area contributed by atoms with Gasteiger partial charge in [-0.3, -0.25) is 0 Å². The summed E-state index contributed by atoms with van der Waals surface area (Å²) < 4.78 is 14.4. The average Bonchev–Trinajstić information content (AvgIpc) is 2.45. The van der Waals surface area contributed by atoms with Crippen LogP contribution in [-0.2, 0) is 6.42 Å². The fraction of sp³-hybridized carbons (Fsp3) is 0.294. The Hall–Kier alpha value is -0.900. The summed E-state index contributed by atoms with van der Waals surface area (Å²) in [7, 11) is 0. The van der Waals surface area contributed by atoms with Crippen molar-refractivity contribution in [3.63, 3.8) is 0 Å². The zero-order valence-corrected chi connectivity index (χ0v) is 14.4. The molecule has 4 heteroatoms. The van der Waals surface area contributed by atoms with Crippen LogP contribution in [0.3, 0.4) is 0 Å². The second-order valence-corrected chi connectivity index (χ2v) is 6.28. The van der Waals surface area contributed by atoms with Crippen molar-refractivity contribution in [3.05, 3.63) is 68.4 Å². The van der Waals surface area contributed by atoms with Crippen molar-refractivity contribution in [1.29, 1.82) is 0 Å². The normalized spacial score (nSPS) is 12.4. The molecule has 21 heavy (non-hydrogen) atoms. The Labute approximate surface area is 138 Å². The smallest absolute Gasteiger partial charge is 0.141 e. The Bertz CT molecular complexity index is 630. The predicted octanol–water partition coefficient (Wildman–Crippen LogP) is 5.44. The topological polar surface area (TPSA) is 12.0 Å². The molecule has 1 unspecified atom stereocenters. The molecule has 0 amide bonds. The molecule has 2 rings (SSSR count). The average molecular weight is 371 g/mol. The lowest BCUT2D eigenvalue weighted by atomic mass is 9.95. The molecular weight excluding hydrogens is 353 g/mol. The van der Waals surface area contributed by atoms with E-state index in [1.54, 1.807) is 12.1 Å². The van der Waals surface area contributed by atoms with Gasteiger partial charge in [-0.2, -0.15) is 0 Å². The van der Waals surface area contributed by atoms with Crippen LogP contribution in [0.1, 0.15) is 29.7 Å². The third-order valence-corrected chi connectivity index (χ3v) is 4.71. The van der Waals surface area contributed by atoms with Gasteiger partial charge in [0.25, 0.3) is 0 Å². The maximum Gasteiger partial charge on any atom is 0.141 e. The second-order valence-electron chi connectivity index (χ2n) is 5.02. The van der Waals surface area contributed by atoms with Gasteiger partial charge in [-0.1, -0.05) is 52.7 Å². The minimum Gasteiger partial charge on any atom is -0.310 e. The van der Waals surface area contributed by atoms with Crippen molar-refractivity contribution in [1.82, 2.24) is 5.32 Å². The van der Waals surface area contributed by atoms with E-state index in [9.17, 15) is 4.39 Å². The summed E-state index contributed by atoms with van der Waals surface area (Å²) in [5.41, 5.74) is 3.48. The first-order chi connectivity index (χ1) is 10.0. The van der Waals surface area contributed by atoms with E-state index < -0.39 is 0 Å². The number of hydrogen-bond donors (Lipinski definition) is 1. The number of rotatable bonds is 5. The molecule has 112 valence electrons. The summed E-state index contributed by atoms with van der Waals surface area (Å²) >= 11 is 9.45. The van der Waals surface area contributed by atoms with Gasteiger partial charge in [0.05, 0.1) is 5.02 Å². The number of halogens is 3. The Balaban J connectivity index is 2.30. The van der Waals surface area contributed by atoms with E-state index in [2.05, 4.69) is 41.2 Å². The van der Waals surface area contributed by atoms with Crippen LogP contribution in [0.2, 0.25) is 5.02 Å². The van der Waals surface area contributed by atoms with Gasteiger partial charge in [-0.15, -0.1) is 0 Å². The van der Waals surface area contributed by atoms with Crippen LogP contribution in [0.4, 0.5) is 4.39 Å². The first-order valence-electron chi connectivity index (χ1n) is 6.95. The molecule has 2 aromatic carbocycles. The number of hydrogen-bond acceptors (Lipinski definition) is 1. The van der Waals surface area contributed by atoms with Gasteiger partial charge in [0.1, 0.15) is 5.82 Å². The van der Waals surface area contributed by atoms with Gasteiger partial charge in [0.2, 0.25) is 0 Å². The second kappa shape index (κ2) is 7.39. The molecule has 1 atom stereocenters. The molecule has 2 aromatic rings. The largest absolute Gasteiger partial charge is 0.310 e. The van der Waals surface area contributed by atoms with Crippen LogP contribution >= 0.6 is 27.5 Å². The summed E-state index contributed by atoms with van der Waals surface area (Å²) in [5.74, 6) is -0.376. The summed E-state index contributed by atoms with van der Waals surface area (Å²) in [6.07, 6.45) is 0.769. The van der Waals surface area contributed by atoms with E-state index in [-0.39, 0.29) is 16.9 Å². The van der Waals surface area contributed by atoms with E-state index in [0.29, 0.717) is 0 Å². The number of nitrogens with one attached hydrogen (secondary N) is 1. The molecule has 0 bridgehead atoms. The summed E-state index contributed by atoms with van der Waals surface area (Å²) in [5, 5.41) is 3.67. The molecular formula is C17H18BrClFN. The molecule has 1 N–H and O–H groups in total. The van der Waals surface area contributed by atoms with E-state index in [4.69, 9.17) is 11.6 Å². The van der Waals surface area contributed by atoms with E-state index in [1.165, 1.54) is 17.2 Å². The molecule has 0 aliphatic carbocycles. The zero-order chi connectivity index (χ0) is 15.4. The van der Waals surface area contributed by atoms with Gasteiger partial charge in [0.15, 0.2) is 0 Å². The minimum absolute atomic E-state index is 0.175. The Morgan fingerprint density at radius 1 is 1.29 bits per heavy atom. The molecule has 0 aliphatic rings. The molecule has 0 saturated carbocycles. The SMILES string of the molecule is CCNC(Cc1ccc(F)c(Cl)c1)c1cccc(Br)c1C. The summed E-state index contributed by atoms with van der Waals surface area (Å²) in [6, 6.07) is 11.3. The van der Waals surface area contributed by atoms with Crippen LogP contribution in [0, 0.1) is 12.7 Å². The lowest BCUT2D eigenvalue weighted by molar-refractivity contribution is 0.546. The maximum absolute atomic E-state index is 13.3. The Morgan fingerprint density at radius 3 is 2.71 bits per heavy atom. The standard InChI is InChI=1S/C17H18BrClFN/c1-3-21-17(13-5-4-6-14(18)11(13)2)10-12-7-8-16(20)15(19)9-12/h4-9,17,21H,3,10H2,1-2H3. The highest BCUT2D eigenvalue weighted by atomic mass is 79.9. The summed E-state index contributed by atoms with van der Waals surface area (Å²) in [6.45, 7) is 5.05. The van der Waals surface area contributed by atoms with Crippen molar-refractivity contribution in [2.75, 3.05) is 6.54 Å². The molecule has 0 heterocycles. The predicted molar refractivity (Wildman–Crippen MR) is 90.4 cm³/mol. The molecule has 0 aliphatic heterocycles. The molecule has 0 saturated heterocycles. The lowest BCUT2D eigenvalue weighted by Crippen LogP contribution is -2.23. The van der Waals surface area contributed by atoms with Gasteiger partial charge < -0.3 is 5.32 Å². The highest BCUT2D eigenvalue weighted by molar-refractivity contribution is 9.10. The van der Waals surface area contributed by atoms with Gasteiger partial charge >= 0.3 is 0 Å². The Kier molecular flexibility index (Phi) is 5.80. The molecule has 0 aromatic heterocycles. The third kappa shape index (κ3) is 4.06. The number of benzene rings is 2. The first kappa shape index (κ1) is 16.5. The molecule has 1 nitrogen and oxygen atoms in total. The molecule has 0 radical (unpaired) electrons. The van der Waals surface area contributed by atoms with Crippen LogP contribution < -0.4 is 5.32 Å². The zero-order valence-electron chi connectivity index (χ0n) is 12.1. The van der Waals surface area contributed by atoms with Gasteiger partial charge in [0, 0.05) is 10.5 Å². The molecule has 0 fully saturated rings. The third-order valence-electron chi connectivity index (χ3n) is 3.56. The van der Waals surface area contributed by atoms with Crippen LogP contribution in [0.15, 0.2) is 40.9 Å². The maximum atomic E-state index is 13.3. The quantitative estimate of drug-likeness (QED) is 0.738. The lowest BCUT2D eigenvalue weighted by Gasteiger charge is -2.21. The van der Waals surface area contributed by atoms with E-state index in [0.717, 1.165) is 23.0 Å². The van der Waals surface area contributed by atoms with E-state index >= 15 is 0 Å². The van der Waals surface area contributed by atoms with Crippen LogP contribution in [-0.4, -0.2) is 6.54 Å². The van der Waals surface area contributed by atoms with Crippen LogP contribution in [0.5, 0.6) is 0 Å². The highest BCUT2D eigenvalue weighted by Gasteiger charge is 2.15. The van der Waals surface area contributed by atoms with Crippen molar-refractivity contribution >= 4 is 27.5 Å². The van der Waals surface area contributed by atoms with Crippen molar-refractivity contribution in [3.8, 4) is 0 Å². The Morgan fingerprint density at radius 2 is 2.05 bits per heavy atom. The first-order valence-corrected chi connectivity index (χ1v) is 8.12.